The molecule has 0 aliphatic rings. The topological polar surface area (TPSA) is 85.6 Å². The molecule has 0 radical (unpaired) electrons. The van der Waals surface area contributed by atoms with Crippen molar-refractivity contribution in [1.82, 2.24) is 25.0 Å². The molecule has 2 aromatic carbocycles. The maximum absolute atomic E-state index is 13.1. The molecule has 7 nitrogen and oxygen atoms in total. The van der Waals surface area contributed by atoms with Crippen LogP contribution in [-0.4, -0.2) is 30.9 Å². The third-order valence-corrected chi connectivity index (χ3v) is 6.25. The number of amides is 1. The van der Waals surface area contributed by atoms with E-state index in [0.717, 1.165) is 28.2 Å². The number of nitrogens with one attached hydrogen (secondary N) is 1. The van der Waals surface area contributed by atoms with Crippen molar-refractivity contribution in [3.05, 3.63) is 87.5 Å². The molecule has 4 aromatic rings. The van der Waals surface area contributed by atoms with Gasteiger partial charge in [-0.25, -0.2) is 14.6 Å². The van der Waals surface area contributed by atoms with E-state index < -0.39 is 0 Å². The second-order valence-corrected chi connectivity index (χ2v) is 9.12. The molecule has 33 heavy (non-hydrogen) atoms. The van der Waals surface area contributed by atoms with E-state index in [9.17, 15) is 4.79 Å². The molecule has 0 aliphatic heterocycles. The molecule has 0 aliphatic carbocycles. The molecular weight excluding hydrogens is 456 g/mol. The molecule has 168 valence electrons. The van der Waals surface area contributed by atoms with Crippen LogP contribution < -0.4 is 5.32 Å². The van der Waals surface area contributed by atoms with Crippen LogP contribution in [0.3, 0.4) is 0 Å². The minimum absolute atomic E-state index is 0.240. The lowest BCUT2D eigenvalue weighted by atomic mass is 10.2. The van der Waals surface area contributed by atoms with Gasteiger partial charge in [0.25, 0.3) is 5.91 Å². The van der Waals surface area contributed by atoms with Crippen LogP contribution in [0.2, 0.25) is 5.02 Å². The first kappa shape index (κ1) is 22.9. The molecule has 0 fully saturated rings. The number of aromatic nitrogens is 5. The van der Waals surface area contributed by atoms with Gasteiger partial charge in [-0.15, -0.1) is 5.10 Å². The van der Waals surface area contributed by atoms with Crippen LogP contribution in [-0.2, 0) is 5.75 Å². The molecule has 4 rings (SSSR count). The van der Waals surface area contributed by atoms with Crippen LogP contribution in [0.15, 0.2) is 53.7 Å². The summed E-state index contributed by atoms with van der Waals surface area (Å²) in [7, 11) is 0. The number of thioether (sulfide) groups is 1. The summed E-state index contributed by atoms with van der Waals surface area (Å²) in [4.78, 5) is 22.1. The van der Waals surface area contributed by atoms with Crippen molar-refractivity contribution < 1.29 is 4.79 Å². The number of anilines is 1. The van der Waals surface area contributed by atoms with E-state index in [0.29, 0.717) is 27.3 Å². The number of nitrogens with zero attached hydrogens (tertiary/aromatic N) is 5. The van der Waals surface area contributed by atoms with Crippen molar-refractivity contribution in [3.8, 4) is 5.69 Å². The minimum Gasteiger partial charge on any atom is -0.321 e. The molecule has 1 N–H and O–H groups in total. The first-order valence-corrected chi connectivity index (χ1v) is 11.7. The third kappa shape index (κ3) is 5.40. The first-order valence-electron chi connectivity index (χ1n) is 10.3. The van der Waals surface area contributed by atoms with E-state index >= 15 is 0 Å². The largest absolute Gasteiger partial charge is 0.321 e. The first-order chi connectivity index (χ1) is 15.8. The van der Waals surface area contributed by atoms with Gasteiger partial charge in [0.2, 0.25) is 0 Å². The van der Waals surface area contributed by atoms with Crippen molar-refractivity contribution in [2.45, 2.75) is 38.6 Å². The lowest BCUT2D eigenvalue weighted by molar-refractivity contribution is 0.102. The summed E-state index contributed by atoms with van der Waals surface area (Å²) in [5.74, 6) is 0.0677. The molecule has 9 heteroatoms. The second kappa shape index (κ2) is 9.72. The summed E-state index contributed by atoms with van der Waals surface area (Å²) in [5, 5.41) is 12.6. The number of carbonyl (C=O) groups excluding carboxylic acids is 1. The maximum atomic E-state index is 13.1. The average molecular weight is 479 g/mol. The Kier molecular flexibility index (Phi) is 6.76. The maximum Gasteiger partial charge on any atom is 0.278 e. The Bertz CT molecular complexity index is 1300. The summed E-state index contributed by atoms with van der Waals surface area (Å²) in [6.45, 7) is 7.79. The normalized spacial score (nSPS) is 10.9. The smallest absolute Gasteiger partial charge is 0.278 e. The van der Waals surface area contributed by atoms with E-state index in [1.165, 1.54) is 11.8 Å². The van der Waals surface area contributed by atoms with Gasteiger partial charge >= 0.3 is 0 Å². The fourth-order valence-corrected chi connectivity index (χ4v) is 4.36. The van der Waals surface area contributed by atoms with Crippen LogP contribution in [0.4, 0.5) is 5.69 Å². The summed E-state index contributed by atoms with van der Waals surface area (Å²) in [5.41, 5.74) is 6.13. The SMILES string of the molecule is Cc1ccc(NC(=O)c2nnn(-c3ccc(C)c(Cl)c3)c2CSc2nc(C)cc(C)n2)cc1. The molecule has 0 spiro atoms. The van der Waals surface area contributed by atoms with Crippen molar-refractivity contribution in [2.75, 3.05) is 5.32 Å². The van der Waals surface area contributed by atoms with Crippen LogP contribution in [0.1, 0.15) is 38.7 Å². The number of hydrogen-bond acceptors (Lipinski definition) is 6. The minimum atomic E-state index is -0.333. The Morgan fingerprint density at radius 1 is 1.00 bits per heavy atom. The standard InChI is InChI=1S/C24H23ClN6OS/c1-14-5-8-18(9-6-14)28-23(32)22-21(13-33-24-26-16(3)11-17(4)27-24)31(30-29-22)19-10-7-15(2)20(25)12-19/h5-12H,13H2,1-4H3,(H,28,32). The van der Waals surface area contributed by atoms with Crippen LogP contribution in [0.25, 0.3) is 5.69 Å². The van der Waals surface area contributed by atoms with Crippen molar-refractivity contribution >= 4 is 35.0 Å². The third-order valence-electron chi connectivity index (χ3n) is 4.99. The lowest BCUT2D eigenvalue weighted by Crippen LogP contribution is -2.15. The predicted octanol–water partition coefficient (Wildman–Crippen LogP) is 5.49. The number of hydrogen-bond donors (Lipinski definition) is 1. The van der Waals surface area contributed by atoms with Crippen molar-refractivity contribution in [3.63, 3.8) is 0 Å². The highest BCUT2D eigenvalue weighted by molar-refractivity contribution is 7.98. The van der Waals surface area contributed by atoms with Crippen molar-refractivity contribution in [1.29, 1.82) is 0 Å². The van der Waals surface area contributed by atoms with Crippen LogP contribution in [0.5, 0.6) is 0 Å². The highest BCUT2D eigenvalue weighted by atomic mass is 35.5. The van der Waals surface area contributed by atoms with Gasteiger partial charge in [-0.1, -0.05) is 52.3 Å². The fraction of sp³-hybridized carbons (Fsp3) is 0.208. The number of aryl methyl sites for hydroxylation is 4. The van der Waals surface area contributed by atoms with Gasteiger partial charge in [0.05, 0.1) is 11.4 Å². The zero-order valence-corrected chi connectivity index (χ0v) is 20.3. The molecule has 0 saturated heterocycles. The van der Waals surface area contributed by atoms with E-state index in [-0.39, 0.29) is 11.6 Å². The monoisotopic (exact) mass is 478 g/mol. The zero-order chi connectivity index (χ0) is 23.5. The Balaban J connectivity index is 1.69. The fourth-order valence-electron chi connectivity index (χ4n) is 3.25. The van der Waals surface area contributed by atoms with Gasteiger partial charge in [0.15, 0.2) is 10.9 Å². The van der Waals surface area contributed by atoms with Gasteiger partial charge < -0.3 is 5.32 Å². The molecule has 2 heterocycles. The number of carbonyl (C=O) groups is 1. The highest BCUT2D eigenvalue weighted by Crippen LogP contribution is 2.26. The van der Waals surface area contributed by atoms with E-state index in [1.807, 2.05) is 76.2 Å². The Morgan fingerprint density at radius 3 is 2.36 bits per heavy atom. The lowest BCUT2D eigenvalue weighted by Gasteiger charge is -2.10. The Morgan fingerprint density at radius 2 is 1.70 bits per heavy atom. The quantitative estimate of drug-likeness (QED) is 0.291. The molecule has 0 saturated carbocycles. The van der Waals surface area contributed by atoms with Crippen LogP contribution in [0, 0.1) is 27.7 Å². The number of rotatable bonds is 6. The van der Waals surface area contributed by atoms with E-state index in [1.54, 1.807) is 4.68 Å². The van der Waals surface area contributed by atoms with E-state index in [2.05, 4.69) is 25.6 Å². The van der Waals surface area contributed by atoms with Gasteiger partial charge in [-0.05, 0) is 63.6 Å². The number of benzene rings is 2. The molecule has 2 aromatic heterocycles. The molecule has 0 bridgehead atoms. The summed E-state index contributed by atoms with van der Waals surface area (Å²) in [6, 6.07) is 15.1. The van der Waals surface area contributed by atoms with E-state index in [4.69, 9.17) is 11.6 Å². The van der Waals surface area contributed by atoms with Crippen LogP contribution >= 0.6 is 23.4 Å². The van der Waals surface area contributed by atoms with Gasteiger partial charge in [-0.3, -0.25) is 4.79 Å². The Labute approximate surface area is 201 Å². The zero-order valence-electron chi connectivity index (χ0n) is 18.8. The summed E-state index contributed by atoms with van der Waals surface area (Å²) < 4.78 is 1.64. The predicted molar refractivity (Wildman–Crippen MR) is 131 cm³/mol. The Hall–Kier alpha value is -3.23. The molecule has 0 unspecified atom stereocenters. The second-order valence-electron chi connectivity index (χ2n) is 7.77. The molecular formula is C24H23ClN6OS. The molecule has 1 amide bonds. The highest BCUT2D eigenvalue weighted by Gasteiger charge is 2.22. The average Bonchev–Trinajstić information content (AvgIpc) is 3.19. The summed E-state index contributed by atoms with van der Waals surface area (Å²) in [6.07, 6.45) is 0. The van der Waals surface area contributed by atoms with Crippen molar-refractivity contribution in [2.24, 2.45) is 0 Å². The van der Waals surface area contributed by atoms with Gasteiger partial charge in [0.1, 0.15) is 0 Å². The summed E-state index contributed by atoms with van der Waals surface area (Å²) >= 11 is 7.77. The van der Waals surface area contributed by atoms with Gasteiger partial charge in [0, 0.05) is 27.9 Å². The molecule has 0 atom stereocenters. The van der Waals surface area contributed by atoms with Gasteiger partial charge in [-0.2, -0.15) is 0 Å². The number of halogens is 1.